The van der Waals surface area contributed by atoms with Crippen molar-refractivity contribution in [1.29, 1.82) is 0 Å². The molecular weight excluding hydrogens is 453 g/mol. The molecule has 0 radical (unpaired) electrons. The number of carboxylic acid groups (broad SMARTS) is 1. The molecule has 0 saturated heterocycles. The van der Waals surface area contributed by atoms with Crippen LogP contribution >= 0.6 is 0 Å². The maximum absolute atomic E-state index is 14.2. The number of amides is 1. The smallest absolute Gasteiger partial charge is 0.303 e. The Kier molecular flexibility index (Phi) is 7.33. The Labute approximate surface area is 202 Å². The molecule has 2 heterocycles. The van der Waals surface area contributed by atoms with E-state index in [-0.39, 0.29) is 30.9 Å². The van der Waals surface area contributed by atoms with Gasteiger partial charge in [-0.15, -0.1) is 0 Å². The molecule has 1 aliphatic carbocycles. The van der Waals surface area contributed by atoms with Crippen LogP contribution in [0.15, 0.2) is 33.3 Å². The molecule has 186 valence electrons. The number of carbonyl (C=O) groups excluding carboxylic acids is 1. The summed E-state index contributed by atoms with van der Waals surface area (Å²) in [5.41, 5.74) is 2.80. The molecule has 0 aliphatic heterocycles. The first-order valence-electron chi connectivity index (χ1n) is 11.9. The van der Waals surface area contributed by atoms with Crippen LogP contribution in [-0.4, -0.2) is 27.3 Å². The number of aliphatic carboxylic acids is 1. The first kappa shape index (κ1) is 24.6. The van der Waals surface area contributed by atoms with Crippen molar-refractivity contribution in [2.75, 3.05) is 5.32 Å². The van der Waals surface area contributed by atoms with Gasteiger partial charge < -0.3 is 19.5 Å². The number of hydrogen-bond acceptors (Lipinski definition) is 6. The van der Waals surface area contributed by atoms with Gasteiger partial charge in [-0.05, 0) is 55.7 Å². The number of benzene rings is 1. The van der Waals surface area contributed by atoms with Crippen molar-refractivity contribution in [3.63, 3.8) is 0 Å². The minimum Gasteiger partial charge on any atom is -0.481 e. The third kappa shape index (κ3) is 6.15. The molecule has 2 N–H and O–H groups in total. The molecule has 2 aromatic heterocycles. The van der Waals surface area contributed by atoms with Crippen LogP contribution in [0.5, 0.6) is 0 Å². The van der Waals surface area contributed by atoms with Gasteiger partial charge in [-0.2, -0.15) is 0 Å². The molecule has 0 spiro atoms. The summed E-state index contributed by atoms with van der Waals surface area (Å²) >= 11 is 0. The third-order valence-corrected chi connectivity index (χ3v) is 6.07. The van der Waals surface area contributed by atoms with Crippen molar-refractivity contribution in [3.05, 3.63) is 52.7 Å². The third-order valence-electron chi connectivity index (χ3n) is 6.07. The van der Waals surface area contributed by atoms with E-state index in [0.717, 1.165) is 36.1 Å². The van der Waals surface area contributed by atoms with Gasteiger partial charge in [0.2, 0.25) is 5.91 Å². The lowest BCUT2D eigenvalue weighted by molar-refractivity contribution is -0.137. The molecule has 8 nitrogen and oxygen atoms in total. The predicted molar refractivity (Wildman–Crippen MR) is 127 cm³/mol. The predicted octanol–water partition coefficient (Wildman–Crippen LogP) is 5.83. The highest BCUT2D eigenvalue weighted by molar-refractivity contribution is 5.91. The number of halogens is 1. The van der Waals surface area contributed by atoms with Gasteiger partial charge in [0.1, 0.15) is 11.6 Å². The van der Waals surface area contributed by atoms with Crippen molar-refractivity contribution in [1.82, 2.24) is 10.3 Å². The van der Waals surface area contributed by atoms with Crippen molar-refractivity contribution >= 4 is 17.6 Å². The molecule has 35 heavy (non-hydrogen) atoms. The zero-order chi connectivity index (χ0) is 25.1. The van der Waals surface area contributed by atoms with E-state index in [1.54, 1.807) is 13.0 Å². The average molecular weight is 484 g/mol. The van der Waals surface area contributed by atoms with E-state index in [2.05, 4.69) is 29.5 Å². The lowest BCUT2D eigenvalue weighted by atomic mass is 9.90. The molecule has 0 bridgehead atoms. The fourth-order valence-corrected chi connectivity index (χ4v) is 4.25. The molecular formula is C26H30FN3O5. The molecule has 1 saturated carbocycles. The van der Waals surface area contributed by atoms with Crippen molar-refractivity contribution < 1.29 is 28.1 Å². The van der Waals surface area contributed by atoms with Gasteiger partial charge in [0.25, 0.3) is 0 Å². The molecule has 9 heteroatoms. The van der Waals surface area contributed by atoms with Crippen LogP contribution in [0, 0.1) is 18.7 Å². The molecule has 3 aromatic rings. The van der Waals surface area contributed by atoms with Crippen LogP contribution in [0.2, 0.25) is 0 Å². The topological polar surface area (TPSA) is 118 Å². The quantitative estimate of drug-likeness (QED) is 0.352. The fourth-order valence-electron chi connectivity index (χ4n) is 4.25. The summed E-state index contributed by atoms with van der Waals surface area (Å²) in [6, 6.07) is 6.41. The van der Waals surface area contributed by atoms with Gasteiger partial charge in [-0.3, -0.25) is 9.59 Å². The standard InChI is InChI=1S/C26H30FN3O5/c1-14(2)10-18-13-21(29-34-18)26-24(16-5-6-16)25(30-35-26)17(7-9-23(32)33)12-22(31)28-20-8-4-15(3)11-19(20)27/h4,8,11,13-14,16-17H,5-7,9-10,12H2,1-3H3,(H,28,31)(H,32,33)/t17-/m0/s1. The summed E-state index contributed by atoms with van der Waals surface area (Å²) in [7, 11) is 0. The number of carbonyl (C=O) groups is 2. The number of carboxylic acids is 1. The van der Waals surface area contributed by atoms with Crippen LogP contribution in [0.3, 0.4) is 0 Å². The molecule has 0 unspecified atom stereocenters. The van der Waals surface area contributed by atoms with Crippen molar-refractivity contribution in [3.8, 4) is 11.5 Å². The van der Waals surface area contributed by atoms with Gasteiger partial charge in [-0.25, -0.2) is 4.39 Å². The maximum atomic E-state index is 14.2. The normalized spacial score (nSPS) is 14.3. The Morgan fingerprint density at radius 2 is 1.97 bits per heavy atom. The van der Waals surface area contributed by atoms with Gasteiger partial charge in [0.15, 0.2) is 11.5 Å². The summed E-state index contributed by atoms with van der Waals surface area (Å²) in [5.74, 6) is -0.548. The molecule has 4 rings (SSSR count). The average Bonchev–Trinajstić information content (AvgIpc) is 3.36. The van der Waals surface area contributed by atoms with Crippen molar-refractivity contribution in [2.45, 2.75) is 71.1 Å². The van der Waals surface area contributed by atoms with Gasteiger partial charge in [0, 0.05) is 36.8 Å². The van der Waals surface area contributed by atoms with E-state index >= 15 is 0 Å². The SMILES string of the molecule is Cc1ccc(NC(=O)C[C@H](CCC(=O)O)c2noc(-c3cc(CC(C)C)on3)c2C2CC2)c(F)c1. The van der Waals surface area contributed by atoms with E-state index in [1.807, 2.05) is 6.07 Å². The highest BCUT2D eigenvalue weighted by Crippen LogP contribution is 2.48. The summed E-state index contributed by atoms with van der Waals surface area (Å²) in [4.78, 5) is 24.2. The van der Waals surface area contributed by atoms with Crippen LogP contribution in [0.25, 0.3) is 11.5 Å². The second-order valence-corrected chi connectivity index (χ2v) is 9.73. The summed E-state index contributed by atoms with van der Waals surface area (Å²) in [5, 5.41) is 20.3. The van der Waals surface area contributed by atoms with E-state index in [9.17, 15) is 19.1 Å². The first-order chi connectivity index (χ1) is 16.7. The second-order valence-electron chi connectivity index (χ2n) is 9.73. The number of hydrogen-bond donors (Lipinski definition) is 2. The Hall–Kier alpha value is -3.49. The maximum Gasteiger partial charge on any atom is 0.303 e. The highest BCUT2D eigenvalue weighted by Gasteiger charge is 2.37. The Balaban J connectivity index is 1.60. The van der Waals surface area contributed by atoms with Crippen LogP contribution in [0.1, 0.15) is 80.4 Å². The van der Waals surface area contributed by atoms with E-state index in [4.69, 9.17) is 9.05 Å². The number of anilines is 1. The minimum atomic E-state index is -0.966. The molecule has 1 fully saturated rings. The fraction of sp³-hybridized carbons (Fsp3) is 0.462. The van der Waals surface area contributed by atoms with Crippen LogP contribution < -0.4 is 5.32 Å². The van der Waals surface area contributed by atoms with Gasteiger partial charge in [0.05, 0.1) is 11.4 Å². The summed E-state index contributed by atoms with van der Waals surface area (Å²) in [6.07, 6.45) is 2.65. The summed E-state index contributed by atoms with van der Waals surface area (Å²) < 4.78 is 25.4. The lowest BCUT2D eigenvalue weighted by Crippen LogP contribution is -2.18. The summed E-state index contributed by atoms with van der Waals surface area (Å²) in [6.45, 7) is 5.94. The Bertz CT molecular complexity index is 1210. The zero-order valence-electron chi connectivity index (χ0n) is 20.1. The lowest BCUT2D eigenvalue weighted by Gasteiger charge is -2.15. The van der Waals surface area contributed by atoms with Gasteiger partial charge in [-0.1, -0.05) is 30.2 Å². The number of rotatable bonds is 11. The second kappa shape index (κ2) is 10.4. The molecule has 1 aliphatic rings. The number of aromatic nitrogens is 2. The number of nitrogens with one attached hydrogen (secondary N) is 1. The first-order valence-corrected chi connectivity index (χ1v) is 11.9. The Morgan fingerprint density at radius 1 is 1.20 bits per heavy atom. The molecule has 1 aromatic carbocycles. The number of nitrogens with zero attached hydrogens (tertiary/aromatic N) is 2. The van der Waals surface area contributed by atoms with E-state index in [1.165, 1.54) is 12.1 Å². The minimum absolute atomic E-state index is 0.0519. The monoisotopic (exact) mass is 483 g/mol. The largest absolute Gasteiger partial charge is 0.481 e. The Morgan fingerprint density at radius 3 is 2.63 bits per heavy atom. The number of aryl methyl sites for hydroxylation is 1. The van der Waals surface area contributed by atoms with Crippen LogP contribution in [-0.2, 0) is 16.0 Å². The van der Waals surface area contributed by atoms with Crippen LogP contribution in [0.4, 0.5) is 10.1 Å². The van der Waals surface area contributed by atoms with E-state index in [0.29, 0.717) is 23.1 Å². The molecule has 1 amide bonds. The molecule has 1 atom stereocenters. The van der Waals surface area contributed by atoms with Crippen molar-refractivity contribution in [2.24, 2.45) is 5.92 Å². The van der Waals surface area contributed by atoms with Gasteiger partial charge >= 0.3 is 5.97 Å². The highest BCUT2D eigenvalue weighted by atomic mass is 19.1. The zero-order valence-corrected chi connectivity index (χ0v) is 20.1. The van der Waals surface area contributed by atoms with E-state index < -0.39 is 23.6 Å².